The van der Waals surface area contributed by atoms with E-state index in [1.165, 1.54) is 29.6 Å². The minimum absolute atomic E-state index is 0.140. The van der Waals surface area contributed by atoms with E-state index >= 15 is 0 Å². The molecule has 0 spiro atoms. The van der Waals surface area contributed by atoms with Gasteiger partial charge < -0.3 is 10.1 Å². The maximum Gasteiger partial charge on any atom is 0.276 e. The van der Waals surface area contributed by atoms with E-state index in [0.29, 0.717) is 23.1 Å². The summed E-state index contributed by atoms with van der Waals surface area (Å²) in [5.74, 6) is 0.345. The Labute approximate surface area is 180 Å². The van der Waals surface area contributed by atoms with Crippen LogP contribution in [-0.4, -0.2) is 28.4 Å². The highest BCUT2D eigenvalue weighted by molar-refractivity contribution is 7.22. The van der Waals surface area contributed by atoms with Crippen molar-refractivity contribution in [1.29, 1.82) is 0 Å². The molecule has 2 aromatic carbocycles. The lowest BCUT2D eigenvalue weighted by molar-refractivity contribution is -0.114. The largest absolute Gasteiger partial charge is 0.494 e. The van der Waals surface area contributed by atoms with E-state index in [-0.39, 0.29) is 11.8 Å². The third-order valence-corrected chi connectivity index (χ3v) is 5.90. The number of rotatable bonds is 6. The molecule has 0 aliphatic carbocycles. The van der Waals surface area contributed by atoms with Gasteiger partial charge in [0.05, 0.1) is 16.8 Å². The molecule has 7 nitrogen and oxygen atoms in total. The summed E-state index contributed by atoms with van der Waals surface area (Å²) >= 11 is 2.74. The van der Waals surface area contributed by atoms with Crippen molar-refractivity contribution in [3.05, 3.63) is 53.5 Å². The van der Waals surface area contributed by atoms with Crippen LogP contribution in [0, 0.1) is 0 Å². The Kier molecular flexibility index (Phi) is 5.73. The molecule has 0 radical (unpaired) electrons. The third kappa shape index (κ3) is 4.47. The zero-order chi connectivity index (χ0) is 21.1. The molecular formula is C21H18N4O3S2. The van der Waals surface area contributed by atoms with E-state index in [4.69, 9.17) is 4.74 Å². The van der Waals surface area contributed by atoms with Crippen molar-refractivity contribution in [1.82, 2.24) is 9.97 Å². The number of amides is 2. The summed E-state index contributed by atoms with van der Waals surface area (Å²) in [7, 11) is 0. The molecule has 0 aliphatic rings. The van der Waals surface area contributed by atoms with E-state index in [2.05, 4.69) is 20.6 Å². The second kappa shape index (κ2) is 8.60. The van der Waals surface area contributed by atoms with E-state index < -0.39 is 0 Å². The quantitative estimate of drug-likeness (QED) is 0.440. The number of thiazole rings is 2. The SMILES string of the molecule is CCOc1ccc(-c2nc(C(=O)Nc3nc4ccc(NC(C)=O)cc4s3)cs2)cc1. The predicted octanol–water partition coefficient (Wildman–Crippen LogP) is 5.03. The van der Waals surface area contributed by atoms with Gasteiger partial charge in [0.2, 0.25) is 5.91 Å². The maximum atomic E-state index is 12.6. The summed E-state index contributed by atoms with van der Waals surface area (Å²) in [4.78, 5) is 32.7. The molecule has 4 aromatic rings. The van der Waals surface area contributed by atoms with Crippen LogP contribution in [0.25, 0.3) is 20.8 Å². The lowest BCUT2D eigenvalue weighted by atomic mass is 10.2. The summed E-state index contributed by atoms with van der Waals surface area (Å²) in [6, 6.07) is 13.0. The van der Waals surface area contributed by atoms with Gasteiger partial charge in [0, 0.05) is 23.6 Å². The molecule has 2 amide bonds. The Morgan fingerprint density at radius 2 is 1.87 bits per heavy atom. The van der Waals surface area contributed by atoms with Gasteiger partial charge in [-0.2, -0.15) is 0 Å². The highest BCUT2D eigenvalue weighted by atomic mass is 32.1. The Morgan fingerprint density at radius 1 is 1.07 bits per heavy atom. The normalized spacial score (nSPS) is 10.7. The van der Waals surface area contributed by atoms with E-state index in [9.17, 15) is 9.59 Å². The summed E-state index contributed by atoms with van der Waals surface area (Å²) in [6.45, 7) is 4.01. The van der Waals surface area contributed by atoms with Gasteiger partial charge in [0.15, 0.2) is 5.13 Å². The third-order valence-electron chi connectivity index (χ3n) is 4.08. The fourth-order valence-electron chi connectivity index (χ4n) is 2.79. The second-order valence-corrected chi connectivity index (χ2v) is 8.22. The number of anilines is 2. The molecule has 0 saturated carbocycles. The molecule has 0 atom stereocenters. The first-order valence-corrected chi connectivity index (χ1v) is 10.9. The van der Waals surface area contributed by atoms with E-state index in [0.717, 1.165) is 26.5 Å². The molecule has 9 heteroatoms. The maximum absolute atomic E-state index is 12.6. The minimum Gasteiger partial charge on any atom is -0.494 e. The number of ether oxygens (including phenoxy) is 1. The van der Waals surface area contributed by atoms with Crippen LogP contribution in [0.2, 0.25) is 0 Å². The molecule has 4 rings (SSSR count). The Morgan fingerprint density at radius 3 is 2.60 bits per heavy atom. The monoisotopic (exact) mass is 438 g/mol. The zero-order valence-electron chi connectivity index (χ0n) is 16.3. The summed E-state index contributed by atoms with van der Waals surface area (Å²) < 4.78 is 6.32. The van der Waals surface area contributed by atoms with Gasteiger partial charge in [-0.15, -0.1) is 11.3 Å². The molecule has 0 saturated heterocycles. The number of fused-ring (bicyclic) bond motifs is 1. The van der Waals surface area contributed by atoms with Crippen LogP contribution in [0.3, 0.4) is 0 Å². The van der Waals surface area contributed by atoms with Gasteiger partial charge in [-0.3, -0.25) is 14.9 Å². The van der Waals surface area contributed by atoms with Crippen LogP contribution in [0.5, 0.6) is 5.75 Å². The zero-order valence-corrected chi connectivity index (χ0v) is 17.9. The van der Waals surface area contributed by atoms with Crippen LogP contribution in [0.15, 0.2) is 47.8 Å². The van der Waals surface area contributed by atoms with Crippen LogP contribution < -0.4 is 15.4 Å². The molecule has 0 unspecified atom stereocenters. The number of hydrogen-bond donors (Lipinski definition) is 2. The van der Waals surface area contributed by atoms with Crippen molar-refractivity contribution in [2.24, 2.45) is 0 Å². The lowest BCUT2D eigenvalue weighted by Gasteiger charge is -2.03. The Balaban J connectivity index is 1.48. The Bertz CT molecular complexity index is 1210. The van der Waals surface area contributed by atoms with Gasteiger partial charge in [-0.1, -0.05) is 11.3 Å². The molecule has 152 valence electrons. The van der Waals surface area contributed by atoms with E-state index in [1.807, 2.05) is 37.3 Å². The van der Waals surface area contributed by atoms with Gasteiger partial charge in [-0.25, -0.2) is 9.97 Å². The predicted molar refractivity (Wildman–Crippen MR) is 121 cm³/mol. The van der Waals surface area contributed by atoms with Gasteiger partial charge in [-0.05, 0) is 49.4 Å². The van der Waals surface area contributed by atoms with Crippen molar-refractivity contribution >= 4 is 55.5 Å². The molecule has 2 heterocycles. The molecule has 0 aliphatic heterocycles. The standard InChI is InChI=1S/C21H18N4O3S2/c1-3-28-15-7-4-13(5-8-15)20-23-17(11-29-20)19(27)25-21-24-16-9-6-14(22-12(2)26)10-18(16)30-21/h4-11H,3H2,1-2H3,(H,22,26)(H,24,25,27). The fraction of sp³-hybridized carbons (Fsp3) is 0.143. The van der Waals surface area contributed by atoms with Crippen molar-refractivity contribution in [3.63, 3.8) is 0 Å². The molecule has 2 N–H and O–H groups in total. The van der Waals surface area contributed by atoms with Crippen LogP contribution in [-0.2, 0) is 4.79 Å². The second-order valence-electron chi connectivity index (χ2n) is 6.33. The van der Waals surface area contributed by atoms with Crippen molar-refractivity contribution in [3.8, 4) is 16.3 Å². The fourth-order valence-corrected chi connectivity index (χ4v) is 4.50. The average Bonchev–Trinajstić information content (AvgIpc) is 3.35. The summed E-state index contributed by atoms with van der Waals surface area (Å²) in [5.41, 5.74) is 2.70. The topological polar surface area (TPSA) is 93.2 Å². The van der Waals surface area contributed by atoms with Crippen molar-refractivity contribution < 1.29 is 14.3 Å². The lowest BCUT2D eigenvalue weighted by Crippen LogP contribution is -2.11. The van der Waals surface area contributed by atoms with Crippen molar-refractivity contribution in [2.45, 2.75) is 13.8 Å². The highest BCUT2D eigenvalue weighted by Crippen LogP contribution is 2.30. The number of aromatic nitrogens is 2. The molecule has 0 fully saturated rings. The highest BCUT2D eigenvalue weighted by Gasteiger charge is 2.15. The van der Waals surface area contributed by atoms with Crippen LogP contribution >= 0.6 is 22.7 Å². The first kappa shape index (κ1) is 20.0. The molecule has 30 heavy (non-hydrogen) atoms. The summed E-state index contributed by atoms with van der Waals surface area (Å²) in [6.07, 6.45) is 0. The minimum atomic E-state index is -0.315. The number of hydrogen-bond acceptors (Lipinski definition) is 7. The van der Waals surface area contributed by atoms with Crippen molar-refractivity contribution in [2.75, 3.05) is 17.2 Å². The number of benzene rings is 2. The smallest absolute Gasteiger partial charge is 0.276 e. The molecular weight excluding hydrogens is 420 g/mol. The van der Waals surface area contributed by atoms with Gasteiger partial charge in [0.25, 0.3) is 5.91 Å². The van der Waals surface area contributed by atoms with Crippen LogP contribution in [0.4, 0.5) is 10.8 Å². The number of nitrogens with zero attached hydrogens (tertiary/aromatic N) is 2. The number of carbonyl (C=O) groups is 2. The summed E-state index contributed by atoms with van der Waals surface area (Å²) in [5, 5.41) is 8.50. The molecule has 2 aromatic heterocycles. The first-order chi connectivity index (χ1) is 14.5. The van der Waals surface area contributed by atoms with Gasteiger partial charge >= 0.3 is 0 Å². The Hall–Kier alpha value is -3.30. The average molecular weight is 439 g/mol. The number of nitrogens with one attached hydrogen (secondary N) is 2. The van der Waals surface area contributed by atoms with Crippen LogP contribution in [0.1, 0.15) is 24.3 Å². The first-order valence-electron chi connectivity index (χ1n) is 9.20. The van der Waals surface area contributed by atoms with Gasteiger partial charge in [0.1, 0.15) is 16.5 Å². The molecule has 0 bridgehead atoms. The number of carbonyl (C=O) groups excluding carboxylic acids is 2. The van der Waals surface area contributed by atoms with E-state index in [1.54, 1.807) is 17.5 Å².